The highest BCUT2D eigenvalue weighted by atomic mass is 15.4. The van der Waals surface area contributed by atoms with Crippen molar-refractivity contribution in [2.45, 2.75) is 6.54 Å². The van der Waals surface area contributed by atoms with Crippen LogP contribution in [-0.2, 0) is 6.54 Å². The molecule has 4 nitrogen and oxygen atoms in total. The second kappa shape index (κ2) is 5.93. The highest BCUT2D eigenvalue weighted by Gasteiger charge is 2.12. The number of rotatable bonds is 3. The summed E-state index contributed by atoms with van der Waals surface area (Å²) < 4.78 is 1.96. The van der Waals surface area contributed by atoms with Gasteiger partial charge in [-0.2, -0.15) is 0 Å². The normalized spacial score (nSPS) is 13.7. The van der Waals surface area contributed by atoms with Crippen LogP contribution in [0.2, 0.25) is 0 Å². The lowest BCUT2D eigenvalue weighted by atomic mass is 10.1. The van der Waals surface area contributed by atoms with Crippen LogP contribution >= 0.6 is 0 Å². The molecule has 0 aliphatic carbocycles. The lowest BCUT2D eigenvalue weighted by molar-refractivity contribution is 0.669. The zero-order chi connectivity index (χ0) is 15.5. The van der Waals surface area contributed by atoms with E-state index in [4.69, 9.17) is 0 Å². The molecular weight excluding hydrogens is 284 g/mol. The fourth-order valence-corrected chi connectivity index (χ4v) is 2.74. The minimum Gasteiger partial charge on any atom is -0.361 e. The minimum atomic E-state index is 0.702. The van der Waals surface area contributed by atoms with Crippen molar-refractivity contribution in [3.63, 3.8) is 0 Å². The lowest BCUT2D eigenvalue weighted by Gasteiger charge is -2.10. The van der Waals surface area contributed by atoms with Crippen LogP contribution < -0.4 is 5.32 Å². The number of fused-ring (bicyclic) bond motifs is 1. The summed E-state index contributed by atoms with van der Waals surface area (Å²) in [6.07, 6.45) is 9.99. The predicted octanol–water partition coefficient (Wildman–Crippen LogP) is 3.49. The van der Waals surface area contributed by atoms with Gasteiger partial charge < -0.3 is 5.32 Å². The third-order valence-electron chi connectivity index (χ3n) is 3.82. The van der Waals surface area contributed by atoms with Crippen LogP contribution in [0, 0.1) is 0 Å². The molecule has 0 spiro atoms. The Balaban J connectivity index is 1.82. The van der Waals surface area contributed by atoms with E-state index in [0.717, 1.165) is 22.3 Å². The molecule has 1 aromatic heterocycles. The summed E-state index contributed by atoms with van der Waals surface area (Å²) in [5.41, 5.74) is 5.28. The van der Waals surface area contributed by atoms with Gasteiger partial charge in [-0.05, 0) is 23.8 Å². The first-order chi connectivity index (χ1) is 11.4. The molecule has 4 heteroatoms. The van der Waals surface area contributed by atoms with E-state index in [1.807, 2.05) is 59.4 Å². The van der Waals surface area contributed by atoms with Crippen LogP contribution in [0.25, 0.3) is 16.7 Å². The Morgan fingerprint density at radius 1 is 0.913 bits per heavy atom. The van der Waals surface area contributed by atoms with Gasteiger partial charge in [0.1, 0.15) is 5.52 Å². The fourth-order valence-electron chi connectivity index (χ4n) is 2.74. The molecule has 112 valence electrons. The first-order valence-electron chi connectivity index (χ1n) is 7.58. The molecule has 0 saturated heterocycles. The van der Waals surface area contributed by atoms with E-state index in [9.17, 15) is 0 Å². The minimum absolute atomic E-state index is 0.702. The summed E-state index contributed by atoms with van der Waals surface area (Å²) in [5.74, 6) is 0. The van der Waals surface area contributed by atoms with Crippen molar-refractivity contribution < 1.29 is 0 Å². The maximum absolute atomic E-state index is 4.35. The van der Waals surface area contributed by atoms with Gasteiger partial charge in [0, 0.05) is 17.5 Å². The highest BCUT2D eigenvalue weighted by molar-refractivity contribution is 5.89. The van der Waals surface area contributed by atoms with Crippen molar-refractivity contribution in [1.29, 1.82) is 0 Å². The van der Waals surface area contributed by atoms with Crippen LogP contribution in [0.1, 0.15) is 11.1 Å². The molecule has 0 radical (unpaired) electrons. The maximum atomic E-state index is 4.35. The molecule has 1 aliphatic rings. The number of benzene rings is 2. The number of nitrogens with zero attached hydrogens (tertiary/aromatic N) is 3. The standard InChI is InChI=1S/C19H16N4/c1-3-8-15(9-4-1)14-23-19-16(10-7-12-18(19)21-22-23)17-11-5-2-6-13-20-17/h1-13,20H,14H2. The second-order valence-electron chi connectivity index (χ2n) is 5.37. The summed E-state index contributed by atoms with van der Waals surface area (Å²) in [6, 6.07) is 16.4. The molecule has 0 saturated carbocycles. The van der Waals surface area contributed by atoms with Gasteiger partial charge in [0.25, 0.3) is 0 Å². The molecular formula is C19H16N4. The number of aromatic nitrogens is 3. The average Bonchev–Trinajstić information content (AvgIpc) is 2.83. The van der Waals surface area contributed by atoms with Crippen molar-refractivity contribution in [3.8, 4) is 0 Å². The number of hydrogen-bond donors (Lipinski definition) is 1. The first kappa shape index (κ1) is 13.5. The molecule has 4 rings (SSSR count). The number of hydrogen-bond acceptors (Lipinski definition) is 3. The molecule has 0 amide bonds. The molecule has 3 aromatic rings. The summed E-state index contributed by atoms with van der Waals surface area (Å²) >= 11 is 0. The zero-order valence-electron chi connectivity index (χ0n) is 12.6. The van der Waals surface area contributed by atoms with E-state index in [1.54, 1.807) is 0 Å². The maximum Gasteiger partial charge on any atom is 0.113 e. The van der Waals surface area contributed by atoms with Gasteiger partial charge in [0.15, 0.2) is 0 Å². The van der Waals surface area contributed by atoms with Gasteiger partial charge >= 0.3 is 0 Å². The molecule has 1 aliphatic heterocycles. The monoisotopic (exact) mass is 300 g/mol. The highest BCUT2D eigenvalue weighted by Crippen LogP contribution is 2.24. The lowest BCUT2D eigenvalue weighted by Crippen LogP contribution is -2.07. The summed E-state index contributed by atoms with van der Waals surface area (Å²) in [7, 11) is 0. The van der Waals surface area contributed by atoms with Crippen LogP contribution in [0.3, 0.4) is 0 Å². The van der Waals surface area contributed by atoms with Crippen molar-refractivity contribution in [2.24, 2.45) is 0 Å². The SMILES string of the molecule is C1=CC=C(c2cccc3nnn(Cc4ccccc4)c23)NC=C1. The van der Waals surface area contributed by atoms with Gasteiger partial charge in [-0.25, -0.2) is 4.68 Å². The van der Waals surface area contributed by atoms with Gasteiger partial charge in [0.2, 0.25) is 0 Å². The predicted molar refractivity (Wildman–Crippen MR) is 92.5 cm³/mol. The Kier molecular flexibility index (Phi) is 3.48. The summed E-state index contributed by atoms with van der Waals surface area (Å²) in [6.45, 7) is 0.702. The van der Waals surface area contributed by atoms with E-state index in [0.29, 0.717) is 6.54 Å². The Morgan fingerprint density at radius 3 is 2.74 bits per heavy atom. The Hall–Kier alpha value is -3.14. The third kappa shape index (κ3) is 2.66. The number of allylic oxidation sites excluding steroid dienone is 4. The van der Waals surface area contributed by atoms with Crippen LogP contribution in [0.5, 0.6) is 0 Å². The fraction of sp³-hybridized carbons (Fsp3) is 0.0526. The van der Waals surface area contributed by atoms with Gasteiger partial charge in [-0.15, -0.1) is 5.10 Å². The van der Waals surface area contributed by atoms with Crippen LogP contribution in [0.15, 0.2) is 79.0 Å². The zero-order valence-corrected chi connectivity index (χ0v) is 12.6. The van der Waals surface area contributed by atoms with E-state index < -0.39 is 0 Å². The van der Waals surface area contributed by atoms with Crippen molar-refractivity contribution in [3.05, 3.63) is 90.2 Å². The van der Waals surface area contributed by atoms with Crippen molar-refractivity contribution in [2.75, 3.05) is 0 Å². The second-order valence-corrected chi connectivity index (χ2v) is 5.37. The van der Waals surface area contributed by atoms with Gasteiger partial charge in [0.05, 0.1) is 12.1 Å². The smallest absolute Gasteiger partial charge is 0.113 e. The van der Waals surface area contributed by atoms with E-state index in [1.165, 1.54) is 5.56 Å². The molecule has 2 aromatic carbocycles. The molecule has 0 unspecified atom stereocenters. The van der Waals surface area contributed by atoms with Crippen molar-refractivity contribution >= 4 is 16.7 Å². The van der Waals surface area contributed by atoms with Crippen LogP contribution in [0.4, 0.5) is 0 Å². The largest absolute Gasteiger partial charge is 0.361 e. The van der Waals surface area contributed by atoms with E-state index in [-0.39, 0.29) is 0 Å². The molecule has 0 atom stereocenters. The van der Waals surface area contributed by atoms with Crippen molar-refractivity contribution in [1.82, 2.24) is 20.3 Å². The Morgan fingerprint density at radius 2 is 1.83 bits per heavy atom. The summed E-state index contributed by atoms with van der Waals surface area (Å²) in [5, 5.41) is 12.0. The topological polar surface area (TPSA) is 42.7 Å². The Bertz CT molecular complexity index is 917. The number of para-hydroxylation sites is 1. The Labute approximate surface area is 134 Å². The van der Waals surface area contributed by atoms with E-state index >= 15 is 0 Å². The third-order valence-corrected chi connectivity index (χ3v) is 3.82. The molecule has 0 bridgehead atoms. The molecule has 1 N–H and O–H groups in total. The van der Waals surface area contributed by atoms with Crippen LogP contribution in [-0.4, -0.2) is 15.0 Å². The van der Waals surface area contributed by atoms with Gasteiger partial charge in [-0.3, -0.25) is 0 Å². The summed E-state index contributed by atoms with van der Waals surface area (Å²) in [4.78, 5) is 0. The number of nitrogens with one attached hydrogen (secondary N) is 1. The van der Waals surface area contributed by atoms with E-state index in [2.05, 4.69) is 39.9 Å². The molecule has 2 heterocycles. The average molecular weight is 300 g/mol. The quantitative estimate of drug-likeness (QED) is 0.805. The first-order valence-corrected chi connectivity index (χ1v) is 7.58. The van der Waals surface area contributed by atoms with Gasteiger partial charge in [-0.1, -0.05) is 59.8 Å². The molecule has 23 heavy (non-hydrogen) atoms. The molecule has 0 fully saturated rings.